The minimum Gasteiger partial charge on any atom is -0.493 e. The maximum atomic E-state index is 5.75. The number of hydrogen-bond donors (Lipinski definition) is 1. The molecule has 0 unspecified atom stereocenters. The molecule has 0 amide bonds. The summed E-state index contributed by atoms with van der Waals surface area (Å²) in [6, 6.07) is 10.4. The zero-order chi connectivity index (χ0) is 13.2. The highest BCUT2D eigenvalue weighted by Gasteiger charge is 2.11. The van der Waals surface area contributed by atoms with Gasteiger partial charge < -0.3 is 10.1 Å². The van der Waals surface area contributed by atoms with Crippen molar-refractivity contribution < 1.29 is 4.74 Å². The van der Waals surface area contributed by atoms with Crippen LogP contribution in [-0.4, -0.2) is 18.1 Å². The number of nitrogens with zero attached hydrogens (tertiary/aromatic N) is 1. The van der Waals surface area contributed by atoms with Crippen LogP contribution in [0.25, 0.3) is 21.0 Å². The second kappa shape index (κ2) is 5.05. The van der Waals surface area contributed by atoms with Gasteiger partial charge in [-0.25, -0.2) is 4.98 Å². The third-order valence-corrected chi connectivity index (χ3v) is 3.95. The molecule has 0 aliphatic heterocycles. The van der Waals surface area contributed by atoms with Gasteiger partial charge in [-0.2, -0.15) is 0 Å². The van der Waals surface area contributed by atoms with Crippen molar-refractivity contribution in [2.45, 2.75) is 13.8 Å². The van der Waals surface area contributed by atoms with Crippen molar-refractivity contribution in [1.29, 1.82) is 0 Å². The van der Waals surface area contributed by atoms with Gasteiger partial charge >= 0.3 is 0 Å². The van der Waals surface area contributed by atoms with Crippen LogP contribution in [0.3, 0.4) is 0 Å². The first-order valence-corrected chi connectivity index (χ1v) is 7.34. The number of fused-ring (bicyclic) bond motifs is 3. The summed E-state index contributed by atoms with van der Waals surface area (Å²) in [5.41, 5.74) is 1.06. The summed E-state index contributed by atoms with van der Waals surface area (Å²) in [6.45, 7) is 5.65. The van der Waals surface area contributed by atoms with Gasteiger partial charge in [-0.3, -0.25) is 0 Å². The molecular formula is C15H16N2OS. The normalized spacial score (nSPS) is 11.1. The number of nitrogens with one attached hydrogen (secondary N) is 1. The first kappa shape index (κ1) is 12.2. The van der Waals surface area contributed by atoms with Crippen molar-refractivity contribution in [2.75, 3.05) is 18.5 Å². The van der Waals surface area contributed by atoms with Gasteiger partial charge in [0.05, 0.1) is 16.8 Å². The fourth-order valence-corrected chi connectivity index (χ4v) is 3.21. The largest absolute Gasteiger partial charge is 0.493 e. The van der Waals surface area contributed by atoms with E-state index in [1.165, 1.54) is 0 Å². The summed E-state index contributed by atoms with van der Waals surface area (Å²) < 4.78 is 6.92. The van der Waals surface area contributed by atoms with Crippen LogP contribution in [0.1, 0.15) is 13.8 Å². The first-order valence-electron chi connectivity index (χ1n) is 6.52. The number of ether oxygens (including phenoxy) is 1. The van der Waals surface area contributed by atoms with Gasteiger partial charge in [0.15, 0.2) is 5.13 Å². The van der Waals surface area contributed by atoms with E-state index >= 15 is 0 Å². The number of rotatable bonds is 4. The Bertz CT molecular complexity index is 721. The summed E-state index contributed by atoms with van der Waals surface area (Å²) in [7, 11) is 0. The lowest BCUT2D eigenvalue weighted by atomic mass is 10.1. The average molecular weight is 272 g/mol. The van der Waals surface area contributed by atoms with Crippen LogP contribution in [0.15, 0.2) is 30.3 Å². The van der Waals surface area contributed by atoms with Crippen molar-refractivity contribution in [1.82, 2.24) is 4.98 Å². The van der Waals surface area contributed by atoms with E-state index < -0.39 is 0 Å². The van der Waals surface area contributed by atoms with E-state index in [1.807, 2.05) is 19.1 Å². The zero-order valence-electron chi connectivity index (χ0n) is 11.1. The predicted octanol–water partition coefficient (Wildman–Crippen LogP) is 4.28. The first-order chi connectivity index (χ1) is 9.33. The lowest BCUT2D eigenvalue weighted by molar-refractivity contribution is 0.345. The monoisotopic (exact) mass is 272 g/mol. The van der Waals surface area contributed by atoms with E-state index in [0.717, 1.165) is 38.4 Å². The second-order valence-corrected chi connectivity index (χ2v) is 5.28. The number of aromatic nitrogens is 1. The fourth-order valence-electron chi connectivity index (χ4n) is 2.23. The molecule has 0 radical (unpaired) electrons. The Labute approximate surface area is 116 Å². The molecule has 0 saturated heterocycles. The van der Waals surface area contributed by atoms with Crippen LogP contribution in [0, 0.1) is 0 Å². The Hall–Kier alpha value is -1.81. The average Bonchev–Trinajstić information content (AvgIpc) is 2.82. The minimum absolute atomic E-state index is 0.675. The Morgan fingerprint density at radius 3 is 2.74 bits per heavy atom. The topological polar surface area (TPSA) is 34.2 Å². The van der Waals surface area contributed by atoms with E-state index in [4.69, 9.17) is 4.74 Å². The molecule has 1 aromatic heterocycles. The smallest absolute Gasteiger partial charge is 0.183 e. The molecule has 3 aromatic rings. The summed E-state index contributed by atoms with van der Waals surface area (Å²) in [5, 5.41) is 6.53. The molecule has 19 heavy (non-hydrogen) atoms. The summed E-state index contributed by atoms with van der Waals surface area (Å²) in [6.07, 6.45) is 0. The maximum Gasteiger partial charge on any atom is 0.183 e. The Kier molecular flexibility index (Phi) is 3.25. The SMILES string of the molecule is CCNc1nc2c(cc(OCC)c3ccccc32)s1. The highest BCUT2D eigenvalue weighted by molar-refractivity contribution is 7.22. The third-order valence-electron chi connectivity index (χ3n) is 2.99. The van der Waals surface area contributed by atoms with Gasteiger partial charge in [-0.05, 0) is 13.8 Å². The molecule has 0 fully saturated rings. The second-order valence-electron chi connectivity index (χ2n) is 4.25. The summed E-state index contributed by atoms with van der Waals surface area (Å²) >= 11 is 1.67. The van der Waals surface area contributed by atoms with Crippen LogP contribution in [0.2, 0.25) is 0 Å². The Morgan fingerprint density at radius 2 is 2.00 bits per heavy atom. The molecule has 0 bridgehead atoms. The quantitative estimate of drug-likeness (QED) is 0.769. The van der Waals surface area contributed by atoms with E-state index in [-0.39, 0.29) is 0 Å². The molecule has 0 atom stereocenters. The van der Waals surface area contributed by atoms with Crippen LogP contribution < -0.4 is 10.1 Å². The molecule has 3 nitrogen and oxygen atoms in total. The Morgan fingerprint density at radius 1 is 1.21 bits per heavy atom. The number of hydrogen-bond acceptors (Lipinski definition) is 4. The van der Waals surface area contributed by atoms with Crippen LogP contribution in [-0.2, 0) is 0 Å². The molecule has 0 saturated carbocycles. The third kappa shape index (κ3) is 2.12. The predicted molar refractivity (Wildman–Crippen MR) is 82.5 cm³/mol. The van der Waals surface area contributed by atoms with Crippen molar-refractivity contribution in [3.8, 4) is 5.75 Å². The molecule has 0 aliphatic carbocycles. The molecule has 3 rings (SSSR count). The zero-order valence-corrected chi connectivity index (χ0v) is 11.9. The lowest BCUT2D eigenvalue weighted by Gasteiger charge is -2.07. The van der Waals surface area contributed by atoms with Crippen molar-refractivity contribution in [2.24, 2.45) is 0 Å². The fraction of sp³-hybridized carbons (Fsp3) is 0.267. The van der Waals surface area contributed by atoms with E-state index in [2.05, 4.69) is 35.4 Å². The number of anilines is 1. The highest BCUT2D eigenvalue weighted by Crippen LogP contribution is 2.37. The Balaban J connectivity index is 2.30. The van der Waals surface area contributed by atoms with Crippen LogP contribution in [0.4, 0.5) is 5.13 Å². The van der Waals surface area contributed by atoms with E-state index in [0.29, 0.717) is 6.61 Å². The van der Waals surface area contributed by atoms with Crippen molar-refractivity contribution in [3.05, 3.63) is 30.3 Å². The summed E-state index contributed by atoms with van der Waals surface area (Å²) in [4.78, 5) is 4.68. The molecule has 1 heterocycles. The van der Waals surface area contributed by atoms with E-state index in [9.17, 15) is 0 Å². The van der Waals surface area contributed by atoms with Crippen LogP contribution in [0.5, 0.6) is 5.75 Å². The lowest BCUT2D eigenvalue weighted by Crippen LogP contribution is -1.94. The number of thiazole rings is 1. The minimum atomic E-state index is 0.675. The van der Waals surface area contributed by atoms with Gasteiger partial charge in [-0.15, -0.1) is 0 Å². The van der Waals surface area contributed by atoms with Gasteiger partial charge in [0.25, 0.3) is 0 Å². The van der Waals surface area contributed by atoms with Gasteiger partial charge in [0, 0.05) is 23.4 Å². The molecule has 0 aliphatic rings. The molecule has 4 heteroatoms. The van der Waals surface area contributed by atoms with Crippen molar-refractivity contribution in [3.63, 3.8) is 0 Å². The van der Waals surface area contributed by atoms with Crippen molar-refractivity contribution >= 4 is 37.5 Å². The van der Waals surface area contributed by atoms with Gasteiger partial charge in [0.2, 0.25) is 0 Å². The molecule has 1 N–H and O–H groups in total. The molecule has 2 aromatic carbocycles. The standard InChI is InChI=1S/C15H16N2OS/c1-3-16-15-17-14-11-8-6-5-7-10(11)12(18-4-2)9-13(14)19-15/h5-9H,3-4H2,1-2H3,(H,16,17). The highest BCUT2D eigenvalue weighted by atomic mass is 32.1. The molecule has 98 valence electrons. The number of benzene rings is 2. The molecular weight excluding hydrogens is 256 g/mol. The van der Waals surface area contributed by atoms with Crippen LogP contribution >= 0.6 is 11.3 Å². The molecule has 0 spiro atoms. The summed E-state index contributed by atoms with van der Waals surface area (Å²) in [5.74, 6) is 0.942. The maximum absolute atomic E-state index is 5.75. The van der Waals surface area contributed by atoms with Gasteiger partial charge in [0.1, 0.15) is 5.75 Å². The van der Waals surface area contributed by atoms with Gasteiger partial charge in [-0.1, -0.05) is 35.6 Å². The van der Waals surface area contributed by atoms with E-state index in [1.54, 1.807) is 11.3 Å².